The molecular weight excluding hydrogens is 298 g/mol. The lowest BCUT2D eigenvalue weighted by molar-refractivity contribution is 0.768. The molecule has 2 nitrogen and oxygen atoms in total. The largest absolute Gasteiger partial charge is 0.384 e. The van der Waals surface area contributed by atoms with Crippen molar-refractivity contribution in [3.05, 3.63) is 77.9 Å². The summed E-state index contributed by atoms with van der Waals surface area (Å²) >= 11 is 5.00. The van der Waals surface area contributed by atoms with Gasteiger partial charge in [-0.3, -0.25) is 3.63 Å². The Morgan fingerprint density at radius 3 is 2.62 bits per heavy atom. The van der Waals surface area contributed by atoms with Crippen LogP contribution in [0.3, 0.4) is 0 Å². The third-order valence-electron chi connectivity index (χ3n) is 3.10. The van der Waals surface area contributed by atoms with Gasteiger partial charge in [0, 0.05) is 30.0 Å². The first-order valence-corrected chi connectivity index (χ1v) is 8.06. The van der Waals surface area contributed by atoms with Crippen LogP contribution in [-0.2, 0) is 10.1 Å². The van der Waals surface area contributed by atoms with Crippen LogP contribution in [0.5, 0.6) is 0 Å². The first-order valence-electron chi connectivity index (χ1n) is 6.78. The van der Waals surface area contributed by atoms with E-state index >= 15 is 0 Å². The number of hydrogen-bond donors (Lipinski definition) is 2. The van der Waals surface area contributed by atoms with Crippen molar-refractivity contribution < 1.29 is 3.63 Å². The number of hydrogen-bond acceptors (Lipinski definition) is 4. The summed E-state index contributed by atoms with van der Waals surface area (Å²) in [6.07, 6.45) is 0.936. The lowest BCUT2D eigenvalue weighted by Crippen LogP contribution is -2.14. The van der Waals surface area contributed by atoms with E-state index in [1.54, 1.807) is 0 Å². The molecule has 0 saturated carbocycles. The lowest BCUT2D eigenvalue weighted by atomic mass is 10.0. The van der Waals surface area contributed by atoms with E-state index in [9.17, 15) is 0 Å². The molecule has 0 radical (unpaired) electrons. The Bertz CT molecular complexity index is 572. The van der Waals surface area contributed by atoms with Crippen LogP contribution in [0, 0.1) is 0 Å². The molecule has 0 aromatic heterocycles. The van der Waals surface area contributed by atoms with Gasteiger partial charge in [-0.25, -0.2) is 0 Å². The maximum absolute atomic E-state index is 4.66. The van der Waals surface area contributed by atoms with Gasteiger partial charge < -0.3 is 5.32 Å². The van der Waals surface area contributed by atoms with Gasteiger partial charge in [0.2, 0.25) is 0 Å². The number of nitrogens with one attached hydrogen (secondary N) is 1. The zero-order valence-corrected chi connectivity index (χ0v) is 13.5. The molecule has 0 fully saturated rings. The summed E-state index contributed by atoms with van der Waals surface area (Å²) in [7, 11) is 0. The minimum absolute atomic E-state index is 0.799. The first kappa shape index (κ1) is 16.0. The fraction of sp³-hybridized carbons (Fsp3) is 0.176. The number of rotatable bonds is 8. The Hall–Kier alpha value is -1.36. The Morgan fingerprint density at radius 1 is 1.10 bits per heavy atom. The summed E-state index contributed by atoms with van der Waals surface area (Å²) in [6, 6.07) is 19.0. The van der Waals surface area contributed by atoms with Gasteiger partial charge in [0.25, 0.3) is 0 Å². The molecule has 2 aromatic carbocycles. The van der Waals surface area contributed by atoms with Crippen molar-refractivity contribution in [3.8, 4) is 0 Å². The molecule has 0 aliphatic heterocycles. The molecule has 0 aliphatic rings. The van der Waals surface area contributed by atoms with E-state index in [4.69, 9.17) is 0 Å². The fourth-order valence-corrected chi connectivity index (χ4v) is 2.57. The van der Waals surface area contributed by atoms with Crippen LogP contribution in [0.4, 0.5) is 0 Å². The van der Waals surface area contributed by atoms with Crippen molar-refractivity contribution in [2.45, 2.75) is 6.42 Å². The van der Waals surface area contributed by atoms with Crippen LogP contribution in [0.2, 0.25) is 0 Å². The van der Waals surface area contributed by atoms with Gasteiger partial charge in [-0.05, 0) is 42.1 Å². The molecule has 2 aromatic rings. The van der Waals surface area contributed by atoms with Gasteiger partial charge in [0.1, 0.15) is 0 Å². The van der Waals surface area contributed by atoms with Gasteiger partial charge in [-0.1, -0.05) is 55.1 Å². The third kappa shape index (κ3) is 5.50. The highest BCUT2D eigenvalue weighted by Crippen LogP contribution is 2.15. The maximum atomic E-state index is 4.66. The highest BCUT2D eigenvalue weighted by atomic mass is 32.2. The van der Waals surface area contributed by atoms with Crippen LogP contribution in [0.1, 0.15) is 16.7 Å². The topological polar surface area (TPSA) is 21.3 Å². The van der Waals surface area contributed by atoms with E-state index in [0.29, 0.717) is 0 Å². The van der Waals surface area contributed by atoms with E-state index in [1.165, 1.54) is 23.2 Å². The van der Waals surface area contributed by atoms with Crippen LogP contribution < -0.4 is 5.32 Å². The highest BCUT2D eigenvalue weighted by Gasteiger charge is 2.01. The standard InChI is InChI=1S/C17H19NOS2/c1-14(18-10-11-21-19-20)17-9-5-8-16(13-17)12-15-6-3-2-4-7-15/h2-9,13,18,20H,1,10-12H2. The number of benzene rings is 2. The first-order chi connectivity index (χ1) is 10.3. The summed E-state index contributed by atoms with van der Waals surface area (Å²) in [6.45, 7) is 4.89. The van der Waals surface area contributed by atoms with Gasteiger partial charge in [0.15, 0.2) is 0 Å². The third-order valence-corrected chi connectivity index (χ3v) is 3.90. The average molecular weight is 317 g/mol. The van der Waals surface area contributed by atoms with Crippen LogP contribution in [0.15, 0.2) is 61.2 Å². The van der Waals surface area contributed by atoms with Crippen LogP contribution in [-0.4, -0.2) is 12.3 Å². The van der Waals surface area contributed by atoms with Crippen LogP contribution >= 0.6 is 25.0 Å². The summed E-state index contributed by atoms with van der Waals surface area (Å²) in [4.78, 5) is 0. The van der Waals surface area contributed by atoms with E-state index in [-0.39, 0.29) is 0 Å². The maximum Gasteiger partial charge on any atom is 0.0383 e. The van der Waals surface area contributed by atoms with Crippen LogP contribution in [0.25, 0.3) is 5.70 Å². The Labute approximate surface area is 136 Å². The quantitative estimate of drug-likeness (QED) is 0.429. The Morgan fingerprint density at radius 2 is 1.86 bits per heavy atom. The van der Waals surface area contributed by atoms with Crippen molar-refractivity contribution in [1.82, 2.24) is 5.32 Å². The second kappa shape index (κ2) is 8.82. The molecule has 2 rings (SSSR count). The molecule has 0 atom stereocenters. The Balaban J connectivity index is 1.95. The predicted octanol–water partition coefficient (Wildman–Crippen LogP) is 4.35. The molecular formula is C17H19NOS2. The Kier molecular flexibility index (Phi) is 6.73. The fourth-order valence-electron chi connectivity index (χ4n) is 2.08. The molecule has 0 spiro atoms. The summed E-state index contributed by atoms with van der Waals surface area (Å²) in [5, 5.41) is 3.30. The van der Waals surface area contributed by atoms with E-state index in [2.05, 4.69) is 77.0 Å². The average Bonchev–Trinajstić information content (AvgIpc) is 2.53. The van der Waals surface area contributed by atoms with Gasteiger partial charge in [-0.15, -0.1) is 0 Å². The molecule has 0 aliphatic carbocycles. The zero-order chi connectivity index (χ0) is 14.9. The lowest BCUT2D eigenvalue weighted by Gasteiger charge is -2.10. The molecule has 0 saturated heterocycles. The molecule has 4 heteroatoms. The molecule has 110 valence electrons. The minimum atomic E-state index is 0.799. The van der Waals surface area contributed by atoms with Crippen molar-refractivity contribution >= 4 is 30.6 Å². The molecule has 21 heavy (non-hydrogen) atoms. The summed E-state index contributed by atoms with van der Waals surface area (Å²) in [5.74, 6) is 0.826. The van der Waals surface area contributed by atoms with E-state index < -0.39 is 0 Å². The van der Waals surface area contributed by atoms with Crippen molar-refractivity contribution in [2.24, 2.45) is 0 Å². The smallest absolute Gasteiger partial charge is 0.0383 e. The number of thiol groups is 1. The normalized spacial score (nSPS) is 10.3. The van der Waals surface area contributed by atoms with Gasteiger partial charge >= 0.3 is 0 Å². The van der Waals surface area contributed by atoms with E-state index in [1.807, 2.05) is 6.07 Å². The summed E-state index contributed by atoms with van der Waals surface area (Å²) < 4.78 is 4.66. The molecule has 0 bridgehead atoms. The second-order valence-electron chi connectivity index (χ2n) is 4.66. The molecule has 1 N–H and O–H groups in total. The van der Waals surface area contributed by atoms with E-state index in [0.717, 1.165) is 30.0 Å². The van der Waals surface area contributed by atoms with Crippen molar-refractivity contribution in [2.75, 3.05) is 12.3 Å². The molecule has 0 amide bonds. The zero-order valence-electron chi connectivity index (χ0n) is 11.8. The molecule has 0 unspecified atom stereocenters. The van der Waals surface area contributed by atoms with Crippen molar-refractivity contribution in [3.63, 3.8) is 0 Å². The minimum Gasteiger partial charge on any atom is -0.384 e. The monoisotopic (exact) mass is 317 g/mol. The van der Waals surface area contributed by atoms with Crippen molar-refractivity contribution in [1.29, 1.82) is 0 Å². The predicted molar refractivity (Wildman–Crippen MR) is 95.3 cm³/mol. The van der Waals surface area contributed by atoms with Gasteiger partial charge in [-0.2, -0.15) is 0 Å². The van der Waals surface area contributed by atoms with Gasteiger partial charge in [0.05, 0.1) is 0 Å². The highest BCUT2D eigenvalue weighted by molar-refractivity contribution is 8.01. The SMILES string of the molecule is C=C(NCCSOS)c1cccc(Cc2ccccc2)c1. The molecule has 0 heterocycles. The summed E-state index contributed by atoms with van der Waals surface area (Å²) in [5.41, 5.74) is 4.66. The second-order valence-corrected chi connectivity index (χ2v) is 5.90.